The summed E-state index contributed by atoms with van der Waals surface area (Å²) in [4.78, 5) is 1.43. The lowest BCUT2D eigenvalue weighted by Gasteiger charge is -2.17. The largest absolute Gasteiger partial charge is 0.309 e. The molecule has 0 amide bonds. The Morgan fingerprint density at radius 2 is 2.29 bits per heavy atom. The van der Waals surface area contributed by atoms with E-state index in [0.717, 1.165) is 19.4 Å². The highest BCUT2D eigenvalue weighted by atomic mass is 79.9. The normalized spacial score (nSPS) is 12.7. The first kappa shape index (κ1) is 14.9. The molecule has 0 saturated carbocycles. The lowest BCUT2D eigenvalue weighted by Crippen LogP contribution is -2.21. The van der Waals surface area contributed by atoms with E-state index in [4.69, 9.17) is 0 Å². The third-order valence-electron chi connectivity index (χ3n) is 2.72. The first-order chi connectivity index (χ1) is 8.04. The van der Waals surface area contributed by atoms with E-state index in [0.29, 0.717) is 6.04 Å². The van der Waals surface area contributed by atoms with Gasteiger partial charge in [0.2, 0.25) is 0 Å². The molecule has 96 valence electrons. The molecule has 1 heterocycles. The number of hydrogen-bond acceptors (Lipinski definition) is 2. The van der Waals surface area contributed by atoms with E-state index < -0.39 is 0 Å². The second-order valence-electron chi connectivity index (χ2n) is 4.61. The highest BCUT2D eigenvalue weighted by molar-refractivity contribution is 9.11. The van der Waals surface area contributed by atoms with Crippen LogP contribution in [0, 0.1) is 6.92 Å². The molecular weight excluding hydrogens is 294 g/mol. The minimum absolute atomic E-state index is 0.474. The second-order valence-corrected chi connectivity index (χ2v) is 7.01. The number of aryl methyl sites for hydroxylation is 1. The van der Waals surface area contributed by atoms with E-state index in [2.05, 4.69) is 54.7 Å². The van der Waals surface area contributed by atoms with E-state index in [-0.39, 0.29) is 0 Å². The van der Waals surface area contributed by atoms with Crippen molar-refractivity contribution >= 4 is 27.3 Å². The van der Waals surface area contributed by atoms with Crippen LogP contribution in [0.1, 0.15) is 49.6 Å². The minimum Gasteiger partial charge on any atom is -0.309 e. The summed E-state index contributed by atoms with van der Waals surface area (Å²) in [5, 5.41) is 3.63. The van der Waals surface area contributed by atoms with Crippen LogP contribution >= 0.6 is 27.3 Å². The zero-order chi connectivity index (χ0) is 12.8. The summed E-state index contributed by atoms with van der Waals surface area (Å²) in [5.41, 5.74) is 2.60. The lowest BCUT2D eigenvalue weighted by molar-refractivity contribution is 0.505. The summed E-state index contributed by atoms with van der Waals surface area (Å²) in [7, 11) is 0. The molecule has 1 nitrogen and oxygen atoms in total. The predicted molar refractivity (Wildman–Crippen MR) is 81.8 cm³/mol. The van der Waals surface area contributed by atoms with Crippen molar-refractivity contribution in [3.05, 3.63) is 32.4 Å². The molecule has 1 N–H and O–H groups in total. The van der Waals surface area contributed by atoms with Crippen molar-refractivity contribution in [2.24, 2.45) is 0 Å². The highest BCUT2D eigenvalue weighted by Gasteiger charge is 2.14. The van der Waals surface area contributed by atoms with Gasteiger partial charge in [0.05, 0.1) is 3.79 Å². The smallest absolute Gasteiger partial charge is 0.0731 e. The van der Waals surface area contributed by atoms with Gasteiger partial charge in [0.15, 0.2) is 0 Å². The Morgan fingerprint density at radius 1 is 1.59 bits per heavy atom. The van der Waals surface area contributed by atoms with Crippen LogP contribution in [0.3, 0.4) is 0 Å². The van der Waals surface area contributed by atoms with Crippen LogP contribution in [-0.4, -0.2) is 6.54 Å². The van der Waals surface area contributed by atoms with Gasteiger partial charge in [-0.15, -0.1) is 17.9 Å². The summed E-state index contributed by atoms with van der Waals surface area (Å²) >= 11 is 5.45. The molecule has 0 saturated heterocycles. The summed E-state index contributed by atoms with van der Waals surface area (Å²) in [5.74, 6) is 0. The molecule has 3 heteroatoms. The number of nitrogens with one attached hydrogen (secondary N) is 1. The molecule has 1 rings (SSSR count). The van der Waals surface area contributed by atoms with E-state index in [1.165, 1.54) is 26.2 Å². The molecule has 0 fully saturated rings. The van der Waals surface area contributed by atoms with Crippen molar-refractivity contribution in [2.45, 2.75) is 46.1 Å². The van der Waals surface area contributed by atoms with Crippen LogP contribution in [0.25, 0.3) is 0 Å². The third-order valence-corrected chi connectivity index (χ3v) is 4.97. The maximum Gasteiger partial charge on any atom is 0.0731 e. The molecule has 0 aliphatic heterocycles. The van der Waals surface area contributed by atoms with E-state index in [1.54, 1.807) is 0 Å². The van der Waals surface area contributed by atoms with Gasteiger partial charge in [0.1, 0.15) is 0 Å². The van der Waals surface area contributed by atoms with Crippen molar-refractivity contribution in [1.29, 1.82) is 0 Å². The molecule has 17 heavy (non-hydrogen) atoms. The van der Waals surface area contributed by atoms with Crippen LogP contribution in [0.2, 0.25) is 0 Å². The summed E-state index contributed by atoms with van der Waals surface area (Å²) in [6.45, 7) is 11.5. The number of thiophene rings is 1. The maximum atomic E-state index is 3.99. The fourth-order valence-corrected chi connectivity index (χ4v) is 3.39. The molecule has 0 radical (unpaired) electrons. The Bertz CT molecular complexity index is 351. The summed E-state index contributed by atoms with van der Waals surface area (Å²) in [6, 6.07) is 2.77. The van der Waals surface area contributed by atoms with Gasteiger partial charge in [0, 0.05) is 10.9 Å². The van der Waals surface area contributed by atoms with Gasteiger partial charge >= 0.3 is 0 Å². The van der Waals surface area contributed by atoms with Crippen molar-refractivity contribution < 1.29 is 0 Å². The Morgan fingerprint density at radius 3 is 2.76 bits per heavy atom. The molecule has 1 atom stereocenters. The van der Waals surface area contributed by atoms with Crippen molar-refractivity contribution in [3.63, 3.8) is 0 Å². The quantitative estimate of drug-likeness (QED) is 0.680. The van der Waals surface area contributed by atoms with Gasteiger partial charge in [-0.2, -0.15) is 0 Å². The lowest BCUT2D eigenvalue weighted by atomic mass is 10.1. The van der Waals surface area contributed by atoms with Gasteiger partial charge in [-0.05, 0) is 67.2 Å². The summed E-state index contributed by atoms with van der Waals surface area (Å²) in [6.07, 6.45) is 3.41. The average Bonchev–Trinajstić information content (AvgIpc) is 2.59. The molecule has 0 bridgehead atoms. The Labute approximate surface area is 117 Å². The topological polar surface area (TPSA) is 12.0 Å². The predicted octanol–water partition coefficient (Wildman–Crippen LogP) is 5.22. The summed E-state index contributed by atoms with van der Waals surface area (Å²) < 4.78 is 1.26. The number of allylic oxidation sites excluding steroid dienone is 1. The maximum absolute atomic E-state index is 3.99. The molecule has 0 spiro atoms. The Hall–Kier alpha value is -0.120. The fourth-order valence-electron chi connectivity index (χ4n) is 1.71. The van der Waals surface area contributed by atoms with Gasteiger partial charge < -0.3 is 5.32 Å². The average molecular weight is 316 g/mol. The van der Waals surface area contributed by atoms with Gasteiger partial charge in [-0.25, -0.2) is 0 Å². The molecule has 0 aliphatic carbocycles. The van der Waals surface area contributed by atoms with Crippen LogP contribution < -0.4 is 5.32 Å². The molecule has 1 aromatic heterocycles. The van der Waals surface area contributed by atoms with Crippen molar-refractivity contribution in [3.8, 4) is 0 Å². The third kappa shape index (κ3) is 4.94. The Balaban J connectivity index is 2.70. The molecule has 1 unspecified atom stereocenters. The van der Waals surface area contributed by atoms with Crippen molar-refractivity contribution in [2.75, 3.05) is 6.54 Å². The molecule has 0 aliphatic rings. The van der Waals surface area contributed by atoms with Crippen LogP contribution in [-0.2, 0) is 0 Å². The zero-order valence-corrected chi connectivity index (χ0v) is 13.4. The first-order valence-corrected chi connectivity index (χ1v) is 7.79. The fraction of sp³-hybridized carbons (Fsp3) is 0.571. The zero-order valence-electron chi connectivity index (χ0n) is 11.0. The standard InChI is InChI=1S/C14H22BrNS/c1-5-8-16-12(7-6-10(2)3)13-9-11(4)14(15)17-13/h9,12,16H,2,5-8H2,1,3-4H3. The molecular formula is C14H22BrNS. The van der Waals surface area contributed by atoms with E-state index >= 15 is 0 Å². The van der Waals surface area contributed by atoms with Crippen LogP contribution in [0.5, 0.6) is 0 Å². The monoisotopic (exact) mass is 315 g/mol. The number of hydrogen-bond donors (Lipinski definition) is 1. The SMILES string of the molecule is C=C(C)CCC(NCCC)c1cc(C)c(Br)s1. The van der Waals surface area contributed by atoms with Crippen LogP contribution in [0.15, 0.2) is 22.0 Å². The number of halogens is 1. The Kier molecular flexibility index (Phi) is 6.45. The highest BCUT2D eigenvalue weighted by Crippen LogP contribution is 2.33. The van der Waals surface area contributed by atoms with Gasteiger partial charge in [-0.1, -0.05) is 12.5 Å². The second kappa shape index (κ2) is 7.34. The van der Waals surface area contributed by atoms with Gasteiger partial charge in [0.25, 0.3) is 0 Å². The van der Waals surface area contributed by atoms with E-state index in [1.807, 2.05) is 11.3 Å². The van der Waals surface area contributed by atoms with Crippen molar-refractivity contribution in [1.82, 2.24) is 5.32 Å². The van der Waals surface area contributed by atoms with Crippen LogP contribution in [0.4, 0.5) is 0 Å². The van der Waals surface area contributed by atoms with Gasteiger partial charge in [-0.3, -0.25) is 0 Å². The van der Waals surface area contributed by atoms with E-state index in [9.17, 15) is 0 Å². The first-order valence-electron chi connectivity index (χ1n) is 6.18. The number of rotatable bonds is 7. The minimum atomic E-state index is 0.474. The molecule has 1 aromatic rings. The molecule has 0 aromatic carbocycles.